The molecule has 4 heteroatoms. The van der Waals surface area contributed by atoms with Crippen LogP contribution in [0.3, 0.4) is 0 Å². The van der Waals surface area contributed by atoms with Gasteiger partial charge in [0.2, 0.25) is 0 Å². The van der Waals surface area contributed by atoms with Gasteiger partial charge in [0.15, 0.2) is 0 Å². The summed E-state index contributed by atoms with van der Waals surface area (Å²) in [6, 6.07) is 0. The quantitative estimate of drug-likeness (QED) is 0.314. The van der Waals surface area contributed by atoms with Crippen LogP contribution in [-0.2, 0) is 0 Å². The summed E-state index contributed by atoms with van der Waals surface area (Å²) in [6.45, 7) is 0. The summed E-state index contributed by atoms with van der Waals surface area (Å²) in [5, 5.41) is 3.24. The fourth-order valence-corrected chi connectivity index (χ4v) is 0.734. The van der Waals surface area contributed by atoms with Gasteiger partial charge in [0.05, 0.1) is 0 Å². The molecule has 0 atom stereocenters. The molecule has 0 spiro atoms. The van der Waals surface area contributed by atoms with Crippen molar-refractivity contribution in [1.29, 1.82) is 0 Å². The van der Waals surface area contributed by atoms with Crippen molar-refractivity contribution < 1.29 is 4.39 Å². The van der Waals surface area contributed by atoms with E-state index in [1.54, 1.807) is 6.08 Å². The van der Waals surface area contributed by atoms with Gasteiger partial charge in [-0.3, -0.25) is 0 Å². The first kappa shape index (κ1) is 7.57. The van der Waals surface area contributed by atoms with E-state index in [-0.39, 0.29) is 5.83 Å². The molecule has 0 saturated carbocycles. The number of nitrogens with zero attached hydrogens (tertiary/aromatic N) is 3. The summed E-state index contributed by atoms with van der Waals surface area (Å²) in [4.78, 5) is 2.55. The highest BCUT2D eigenvalue weighted by atomic mass is 19.1. The Hall–Kier alpha value is -1.54. The van der Waals surface area contributed by atoms with E-state index in [9.17, 15) is 4.39 Å². The van der Waals surface area contributed by atoms with Crippen molar-refractivity contribution in [2.24, 2.45) is 5.11 Å². The molecule has 0 aromatic carbocycles. The summed E-state index contributed by atoms with van der Waals surface area (Å²) >= 11 is 0. The second-order valence-corrected chi connectivity index (χ2v) is 2.04. The zero-order valence-electron chi connectivity index (χ0n) is 5.74. The van der Waals surface area contributed by atoms with Gasteiger partial charge in [-0.1, -0.05) is 11.2 Å². The zero-order valence-corrected chi connectivity index (χ0v) is 5.74. The molecule has 0 aromatic rings. The lowest BCUT2D eigenvalue weighted by Crippen LogP contribution is -1.82. The Morgan fingerprint density at radius 2 is 2.45 bits per heavy atom. The minimum absolute atomic E-state index is 0.247. The molecule has 0 radical (unpaired) electrons. The van der Waals surface area contributed by atoms with Gasteiger partial charge in [0, 0.05) is 11.1 Å². The SMILES string of the molecule is [N-]=[N+]=NC=C1C=CC(F)=CC1. The lowest BCUT2D eigenvalue weighted by atomic mass is 10.1. The maximum absolute atomic E-state index is 12.3. The van der Waals surface area contributed by atoms with Crippen LogP contribution in [0.2, 0.25) is 0 Å². The minimum Gasteiger partial charge on any atom is -0.207 e. The molecular weight excluding hydrogens is 145 g/mol. The van der Waals surface area contributed by atoms with Gasteiger partial charge in [-0.25, -0.2) is 4.39 Å². The van der Waals surface area contributed by atoms with Crippen LogP contribution >= 0.6 is 0 Å². The van der Waals surface area contributed by atoms with Crippen molar-refractivity contribution in [3.8, 4) is 0 Å². The van der Waals surface area contributed by atoms with Crippen LogP contribution in [0.25, 0.3) is 10.4 Å². The molecule has 0 heterocycles. The smallest absolute Gasteiger partial charge is 0.119 e. The number of hydrogen-bond acceptors (Lipinski definition) is 1. The van der Waals surface area contributed by atoms with Crippen LogP contribution in [0.1, 0.15) is 6.42 Å². The van der Waals surface area contributed by atoms with Gasteiger partial charge in [-0.2, -0.15) is 0 Å². The number of hydrogen-bond donors (Lipinski definition) is 0. The van der Waals surface area contributed by atoms with Gasteiger partial charge in [0.1, 0.15) is 5.83 Å². The fraction of sp³-hybridized carbons (Fsp3) is 0.143. The average molecular weight is 151 g/mol. The van der Waals surface area contributed by atoms with Crippen molar-refractivity contribution in [3.05, 3.63) is 46.3 Å². The van der Waals surface area contributed by atoms with Gasteiger partial charge in [-0.05, 0) is 29.7 Å². The summed E-state index contributed by atoms with van der Waals surface area (Å²) < 4.78 is 12.3. The summed E-state index contributed by atoms with van der Waals surface area (Å²) in [5.41, 5.74) is 8.76. The van der Waals surface area contributed by atoms with Crippen LogP contribution < -0.4 is 0 Å². The van der Waals surface area contributed by atoms with Crippen molar-refractivity contribution in [2.75, 3.05) is 0 Å². The Morgan fingerprint density at radius 3 is 3.00 bits per heavy atom. The van der Waals surface area contributed by atoms with Gasteiger partial charge in [-0.15, -0.1) is 0 Å². The molecule has 1 rings (SSSR count). The van der Waals surface area contributed by atoms with E-state index >= 15 is 0 Å². The third kappa shape index (κ3) is 2.27. The first-order valence-electron chi connectivity index (χ1n) is 3.10. The average Bonchev–Trinajstić information content (AvgIpc) is 2.04. The number of azide groups is 1. The molecule has 11 heavy (non-hydrogen) atoms. The highest BCUT2D eigenvalue weighted by molar-refractivity contribution is 5.31. The Kier molecular flexibility index (Phi) is 2.47. The lowest BCUT2D eigenvalue weighted by molar-refractivity contribution is 0.659. The number of rotatable bonds is 1. The van der Waals surface area contributed by atoms with E-state index in [0.717, 1.165) is 5.57 Å². The molecule has 0 fully saturated rings. The van der Waals surface area contributed by atoms with Crippen molar-refractivity contribution in [1.82, 2.24) is 0 Å². The third-order valence-electron chi connectivity index (χ3n) is 1.26. The molecule has 0 bridgehead atoms. The van der Waals surface area contributed by atoms with Crippen molar-refractivity contribution >= 4 is 0 Å². The second-order valence-electron chi connectivity index (χ2n) is 2.04. The highest BCUT2D eigenvalue weighted by Crippen LogP contribution is 2.15. The molecule has 1 aliphatic carbocycles. The van der Waals surface area contributed by atoms with Crippen LogP contribution in [0.15, 0.2) is 40.9 Å². The van der Waals surface area contributed by atoms with E-state index in [0.29, 0.717) is 6.42 Å². The van der Waals surface area contributed by atoms with E-state index < -0.39 is 0 Å². The van der Waals surface area contributed by atoms with Crippen molar-refractivity contribution in [3.63, 3.8) is 0 Å². The molecule has 0 saturated heterocycles. The monoisotopic (exact) mass is 151 g/mol. The van der Waals surface area contributed by atoms with Crippen LogP contribution in [0.5, 0.6) is 0 Å². The van der Waals surface area contributed by atoms with E-state index in [4.69, 9.17) is 5.53 Å². The van der Waals surface area contributed by atoms with Gasteiger partial charge < -0.3 is 0 Å². The fourth-order valence-electron chi connectivity index (χ4n) is 0.734. The predicted molar refractivity (Wildman–Crippen MR) is 40.2 cm³/mol. The minimum atomic E-state index is -0.247. The first-order valence-corrected chi connectivity index (χ1v) is 3.10. The van der Waals surface area contributed by atoms with Gasteiger partial charge >= 0.3 is 0 Å². The largest absolute Gasteiger partial charge is 0.207 e. The standard InChI is InChI=1S/C7H6FN3/c8-7-3-1-6(2-4-7)5-10-11-9/h1,3-5H,2H2. The molecule has 0 amide bonds. The normalized spacial score (nSPS) is 19.4. The Bertz CT molecular complexity index is 282. The Morgan fingerprint density at radius 1 is 1.64 bits per heavy atom. The molecule has 56 valence electrons. The van der Waals surface area contributed by atoms with Crippen LogP contribution in [-0.4, -0.2) is 0 Å². The Labute approximate surface area is 63.2 Å². The van der Waals surface area contributed by atoms with Crippen LogP contribution in [0.4, 0.5) is 4.39 Å². The molecule has 0 aromatic heterocycles. The maximum Gasteiger partial charge on any atom is 0.119 e. The topological polar surface area (TPSA) is 48.8 Å². The zero-order chi connectivity index (χ0) is 8.10. The van der Waals surface area contributed by atoms with Crippen molar-refractivity contribution in [2.45, 2.75) is 6.42 Å². The Balaban J connectivity index is 2.69. The highest BCUT2D eigenvalue weighted by Gasteiger charge is 1.97. The second kappa shape index (κ2) is 3.58. The maximum atomic E-state index is 12.3. The van der Waals surface area contributed by atoms with E-state index in [2.05, 4.69) is 10.0 Å². The summed E-state index contributed by atoms with van der Waals surface area (Å²) in [7, 11) is 0. The number of allylic oxidation sites excluding steroid dienone is 5. The van der Waals surface area contributed by atoms with E-state index in [1.165, 1.54) is 18.4 Å². The molecule has 0 N–H and O–H groups in total. The third-order valence-corrected chi connectivity index (χ3v) is 1.26. The van der Waals surface area contributed by atoms with Gasteiger partial charge in [0.25, 0.3) is 0 Å². The first-order chi connectivity index (χ1) is 5.33. The molecule has 1 aliphatic rings. The molecule has 3 nitrogen and oxygen atoms in total. The summed E-state index contributed by atoms with van der Waals surface area (Å²) in [5.74, 6) is -0.247. The van der Waals surface area contributed by atoms with Crippen LogP contribution in [0, 0.1) is 0 Å². The lowest BCUT2D eigenvalue weighted by Gasteiger charge is -2.00. The van der Waals surface area contributed by atoms with E-state index in [1.807, 2.05) is 0 Å². The molecule has 0 unspecified atom stereocenters. The molecule has 0 aliphatic heterocycles. The predicted octanol–water partition coefficient (Wildman–Crippen LogP) is 2.99. The number of halogens is 1. The molecular formula is C7H6FN3. The summed E-state index contributed by atoms with van der Waals surface area (Å²) in [6.07, 6.45) is 6.21.